The highest BCUT2D eigenvalue weighted by molar-refractivity contribution is 7.14. The number of benzene rings is 1. The molecule has 0 radical (unpaired) electrons. The van der Waals surface area contributed by atoms with Gasteiger partial charge in [-0.3, -0.25) is 14.9 Å². The van der Waals surface area contributed by atoms with Crippen molar-refractivity contribution in [3.05, 3.63) is 41.5 Å². The summed E-state index contributed by atoms with van der Waals surface area (Å²) in [6.45, 7) is 1.45. The number of hydrogen-bond donors (Lipinski definition) is 1. The van der Waals surface area contributed by atoms with Crippen LogP contribution < -0.4 is 5.32 Å². The molecule has 0 spiro atoms. The smallest absolute Gasteiger partial charge is 0.328 e. The van der Waals surface area contributed by atoms with Gasteiger partial charge in [-0.25, -0.2) is 9.67 Å². The van der Waals surface area contributed by atoms with E-state index in [1.807, 2.05) is 36.6 Å². The Hall–Kier alpha value is -3.14. The van der Waals surface area contributed by atoms with Crippen molar-refractivity contribution in [2.24, 2.45) is 0 Å². The van der Waals surface area contributed by atoms with Crippen molar-refractivity contribution in [2.75, 3.05) is 11.9 Å². The Morgan fingerprint density at radius 3 is 2.80 bits per heavy atom. The van der Waals surface area contributed by atoms with E-state index in [0.29, 0.717) is 5.13 Å². The van der Waals surface area contributed by atoms with Crippen LogP contribution in [0, 0.1) is 6.92 Å². The molecule has 3 rings (SSSR count). The normalized spacial score (nSPS) is 10.4. The van der Waals surface area contributed by atoms with Gasteiger partial charge >= 0.3 is 5.97 Å². The Morgan fingerprint density at radius 1 is 1.28 bits per heavy atom. The standard InChI is InChI=1S/C15H14N6O3S/c1-10-2-4-11(5-3-10)12-8-25-15(17-12)18-13(22)7-24-14(23)6-21-9-16-19-20-21/h2-5,8-9H,6-7H2,1H3,(H,17,18,22). The second-order valence-electron chi connectivity index (χ2n) is 5.12. The fourth-order valence-corrected chi connectivity index (χ4v) is 2.66. The molecule has 0 unspecified atom stereocenters. The molecular formula is C15H14N6O3S. The molecule has 2 aromatic heterocycles. The Balaban J connectivity index is 1.49. The molecule has 1 aromatic carbocycles. The van der Waals surface area contributed by atoms with Crippen LogP contribution >= 0.6 is 11.3 Å². The van der Waals surface area contributed by atoms with Gasteiger partial charge in [-0.15, -0.1) is 16.4 Å². The maximum atomic E-state index is 11.8. The zero-order chi connectivity index (χ0) is 17.6. The van der Waals surface area contributed by atoms with Gasteiger partial charge in [0.25, 0.3) is 5.91 Å². The van der Waals surface area contributed by atoms with Crippen molar-refractivity contribution in [1.82, 2.24) is 25.2 Å². The molecule has 25 heavy (non-hydrogen) atoms. The quantitative estimate of drug-likeness (QED) is 0.661. The first-order valence-corrected chi connectivity index (χ1v) is 8.17. The lowest BCUT2D eigenvalue weighted by Crippen LogP contribution is -2.23. The first-order valence-electron chi connectivity index (χ1n) is 7.29. The molecule has 1 N–H and O–H groups in total. The van der Waals surface area contributed by atoms with Crippen LogP contribution in [0.2, 0.25) is 0 Å². The number of amides is 1. The first kappa shape index (κ1) is 16.7. The molecule has 0 aliphatic carbocycles. The van der Waals surface area contributed by atoms with Gasteiger partial charge in [0.15, 0.2) is 11.7 Å². The number of anilines is 1. The van der Waals surface area contributed by atoms with Gasteiger partial charge in [0.1, 0.15) is 12.9 Å². The predicted molar refractivity (Wildman–Crippen MR) is 89.7 cm³/mol. The highest BCUT2D eigenvalue weighted by Gasteiger charge is 2.11. The molecule has 0 saturated heterocycles. The van der Waals surface area contributed by atoms with Crippen LogP contribution in [0.25, 0.3) is 11.3 Å². The number of tetrazole rings is 1. The number of carbonyl (C=O) groups is 2. The Kier molecular flexibility index (Phi) is 5.09. The molecule has 0 fully saturated rings. The minimum Gasteiger partial charge on any atom is -0.454 e. The van der Waals surface area contributed by atoms with Crippen molar-refractivity contribution in [3.63, 3.8) is 0 Å². The zero-order valence-corrected chi connectivity index (χ0v) is 14.1. The van der Waals surface area contributed by atoms with Crippen molar-refractivity contribution in [3.8, 4) is 11.3 Å². The van der Waals surface area contributed by atoms with Gasteiger partial charge in [0.2, 0.25) is 0 Å². The minimum absolute atomic E-state index is 0.158. The topological polar surface area (TPSA) is 112 Å². The van der Waals surface area contributed by atoms with Gasteiger partial charge in [-0.1, -0.05) is 29.8 Å². The number of aromatic nitrogens is 5. The summed E-state index contributed by atoms with van der Waals surface area (Å²) in [4.78, 5) is 27.7. The Morgan fingerprint density at radius 2 is 2.08 bits per heavy atom. The lowest BCUT2D eigenvalue weighted by atomic mass is 10.1. The maximum Gasteiger partial charge on any atom is 0.328 e. The monoisotopic (exact) mass is 358 g/mol. The van der Waals surface area contributed by atoms with Crippen molar-refractivity contribution >= 4 is 28.3 Å². The third-order valence-electron chi connectivity index (χ3n) is 3.14. The molecule has 0 aliphatic heterocycles. The van der Waals surface area contributed by atoms with Crippen LogP contribution in [-0.4, -0.2) is 43.7 Å². The van der Waals surface area contributed by atoms with E-state index < -0.39 is 18.5 Å². The summed E-state index contributed by atoms with van der Waals surface area (Å²) in [5.41, 5.74) is 2.90. The number of nitrogens with one attached hydrogen (secondary N) is 1. The summed E-state index contributed by atoms with van der Waals surface area (Å²) in [6.07, 6.45) is 1.28. The molecule has 0 saturated carbocycles. The summed E-state index contributed by atoms with van der Waals surface area (Å²) in [5.74, 6) is -1.07. The summed E-state index contributed by atoms with van der Waals surface area (Å²) < 4.78 is 6.07. The Bertz CT molecular complexity index is 860. The number of hydrogen-bond acceptors (Lipinski definition) is 8. The molecule has 2 heterocycles. The van der Waals surface area contributed by atoms with Gasteiger partial charge in [-0.2, -0.15) is 0 Å². The number of thiazole rings is 1. The van der Waals surface area contributed by atoms with Crippen LogP contribution in [-0.2, 0) is 20.9 Å². The molecule has 10 heteroatoms. The molecule has 1 amide bonds. The SMILES string of the molecule is Cc1ccc(-c2csc(NC(=O)COC(=O)Cn3cnnn3)n2)cc1. The zero-order valence-electron chi connectivity index (χ0n) is 13.2. The number of carbonyl (C=O) groups excluding carboxylic acids is 2. The van der Waals surface area contributed by atoms with Crippen LogP contribution in [0.1, 0.15) is 5.56 Å². The summed E-state index contributed by atoms with van der Waals surface area (Å²) in [5, 5.41) is 15.2. The van der Waals surface area contributed by atoms with Crippen LogP contribution in [0.3, 0.4) is 0 Å². The van der Waals surface area contributed by atoms with Gasteiger partial charge in [0, 0.05) is 10.9 Å². The molecule has 9 nitrogen and oxygen atoms in total. The summed E-state index contributed by atoms with van der Waals surface area (Å²) in [7, 11) is 0. The van der Waals surface area contributed by atoms with E-state index in [2.05, 4.69) is 25.8 Å². The second kappa shape index (κ2) is 7.62. The third kappa shape index (κ3) is 4.67. The first-order chi connectivity index (χ1) is 12.1. The molecule has 128 valence electrons. The van der Waals surface area contributed by atoms with Crippen LogP contribution in [0.4, 0.5) is 5.13 Å². The fraction of sp³-hybridized carbons (Fsp3) is 0.200. The number of ether oxygens (including phenoxy) is 1. The summed E-state index contributed by atoms with van der Waals surface area (Å²) >= 11 is 1.30. The maximum absolute atomic E-state index is 11.8. The van der Waals surface area contributed by atoms with Gasteiger partial charge in [0.05, 0.1) is 5.69 Å². The molecular weight excluding hydrogens is 344 g/mol. The van der Waals surface area contributed by atoms with Crippen molar-refractivity contribution in [1.29, 1.82) is 0 Å². The number of nitrogens with zero attached hydrogens (tertiary/aromatic N) is 5. The van der Waals surface area contributed by atoms with E-state index in [9.17, 15) is 9.59 Å². The van der Waals surface area contributed by atoms with E-state index in [0.717, 1.165) is 16.8 Å². The second-order valence-corrected chi connectivity index (χ2v) is 5.98. The van der Waals surface area contributed by atoms with Gasteiger partial charge < -0.3 is 4.74 Å². The highest BCUT2D eigenvalue weighted by atomic mass is 32.1. The van der Waals surface area contributed by atoms with Crippen LogP contribution in [0.5, 0.6) is 0 Å². The van der Waals surface area contributed by atoms with Crippen molar-refractivity contribution in [2.45, 2.75) is 13.5 Å². The molecule has 0 atom stereocenters. The fourth-order valence-electron chi connectivity index (χ4n) is 1.92. The lowest BCUT2D eigenvalue weighted by Gasteiger charge is -2.04. The highest BCUT2D eigenvalue weighted by Crippen LogP contribution is 2.24. The van der Waals surface area contributed by atoms with Crippen molar-refractivity contribution < 1.29 is 14.3 Å². The molecule has 0 bridgehead atoms. The van der Waals surface area contributed by atoms with Crippen LogP contribution in [0.15, 0.2) is 36.0 Å². The van der Waals surface area contributed by atoms with E-state index in [-0.39, 0.29) is 6.54 Å². The van der Waals surface area contributed by atoms with E-state index in [4.69, 9.17) is 4.74 Å². The van der Waals surface area contributed by atoms with E-state index in [1.165, 1.54) is 22.3 Å². The average molecular weight is 358 g/mol. The lowest BCUT2D eigenvalue weighted by molar-refractivity contribution is -0.148. The molecule has 0 aliphatic rings. The number of aryl methyl sites for hydroxylation is 1. The average Bonchev–Trinajstić information content (AvgIpc) is 3.26. The van der Waals surface area contributed by atoms with E-state index >= 15 is 0 Å². The van der Waals surface area contributed by atoms with E-state index in [1.54, 1.807) is 0 Å². The third-order valence-corrected chi connectivity index (χ3v) is 3.90. The predicted octanol–water partition coefficient (Wildman–Crippen LogP) is 1.29. The number of rotatable bonds is 6. The number of esters is 1. The Labute approximate surface area is 146 Å². The minimum atomic E-state index is -0.609. The largest absolute Gasteiger partial charge is 0.454 e. The van der Waals surface area contributed by atoms with Gasteiger partial charge in [-0.05, 0) is 17.4 Å². The summed E-state index contributed by atoms with van der Waals surface area (Å²) in [6, 6.07) is 7.93. The molecule has 3 aromatic rings.